The van der Waals surface area contributed by atoms with Crippen molar-refractivity contribution in [3.05, 3.63) is 47.5 Å². The van der Waals surface area contributed by atoms with Crippen LogP contribution in [0.25, 0.3) is 10.2 Å². The van der Waals surface area contributed by atoms with E-state index in [9.17, 15) is 13.2 Å². The molecule has 0 atom stereocenters. The summed E-state index contributed by atoms with van der Waals surface area (Å²) in [4.78, 5) is 16.5. The predicted molar refractivity (Wildman–Crippen MR) is 96.8 cm³/mol. The number of nitrogens with zero attached hydrogens (tertiary/aromatic N) is 1. The molecule has 0 saturated heterocycles. The molecule has 2 aromatic carbocycles. The molecule has 0 spiro atoms. The zero-order valence-corrected chi connectivity index (χ0v) is 14.8. The van der Waals surface area contributed by atoms with Crippen LogP contribution in [0.4, 0.5) is 15.6 Å². The first-order valence-electron chi connectivity index (χ1n) is 6.76. The van der Waals surface area contributed by atoms with Crippen LogP contribution in [-0.2, 0) is 9.84 Å². The van der Waals surface area contributed by atoms with Gasteiger partial charge in [0.25, 0.3) is 0 Å². The molecule has 2 N–H and O–H groups in total. The topological polar surface area (TPSA) is 88.2 Å². The molecule has 0 bridgehead atoms. The maximum Gasteiger partial charge on any atom is 0.325 e. The number of carbonyl (C=O) groups is 1. The van der Waals surface area contributed by atoms with Gasteiger partial charge in [-0.15, -0.1) is 0 Å². The molecule has 0 radical (unpaired) electrons. The van der Waals surface area contributed by atoms with E-state index in [1.54, 1.807) is 36.4 Å². The van der Waals surface area contributed by atoms with Gasteiger partial charge in [0.15, 0.2) is 15.0 Å². The number of thiazole rings is 1. The van der Waals surface area contributed by atoms with E-state index >= 15 is 0 Å². The van der Waals surface area contributed by atoms with Crippen molar-refractivity contribution >= 4 is 59.8 Å². The van der Waals surface area contributed by atoms with E-state index in [4.69, 9.17) is 11.6 Å². The summed E-state index contributed by atoms with van der Waals surface area (Å²) in [6, 6.07) is 11.0. The number of sulfone groups is 1. The highest BCUT2D eigenvalue weighted by atomic mass is 35.5. The summed E-state index contributed by atoms with van der Waals surface area (Å²) in [5.74, 6) is 0. The number of halogens is 1. The highest BCUT2D eigenvalue weighted by Crippen LogP contribution is 2.28. The minimum atomic E-state index is -3.29. The lowest BCUT2D eigenvalue weighted by Gasteiger charge is -2.06. The van der Waals surface area contributed by atoms with Crippen LogP contribution in [-0.4, -0.2) is 25.7 Å². The van der Waals surface area contributed by atoms with Crippen LogP contribution in [0.15, 0.2) is 47.4 Å². The van der Waals surface area contributed by atoms with E-state index in [2.05, 4.69) is 15.6 Å². The summed E-state index contributed by atoms with van der Waals surface area (Å²) in [5, 5.41) is 6.03. The lowest BCUT2D eigenvalue weighted by Crippen LogP contribution is -2.19. The van der Waals surface area contributed by atoms with Crippen LogP contribution >= 0.6 is 22.9 Å². The van der Waals surface area contributed by atoms with Crippen molar-refractivity contribution in [1.82, 2.24) is 4.98 Å². The van der Waals surface area contributed by atoms with E-state index in [0.717, 1.165) is 6.26 Å². The molecule has 1 heterocycles. The molecule has 24 heavy (non-hydrogen) atoms. The first-order valence-corrected chi connectivity index (χ1v) is 9.85. The summed E-state index contributed by atoms with van der Waals surface area (Å²) in [7, 11) is -3.29. The van der Waals surface area contributed by atoms with Gasteiger partial charge in [0.2, 0.25) is 0 Å². The number of benzene rings is 2. The Bertz CT molecular complexity index is 1030. The molecule has 0 unspecified atom stereocenters. The number of hydrogen-bond donors (Lipinski definition) is 2. The molecule has 6 nitrogen and oxygen atoms in total. The summed E-state index contributed by atoms with van der Waals surface area (Å²) < 4.78 is 23.8. The Kier molecular flexibility index (Phi) is 4.44. The molecule has 0 aliphatic heterocycles. The Morgan fingerprint density at radius 2 is 1.92 bits per heavy atom. The fraction of sp³-hybridized carbons (Fsp3) is 0.0667. The second kappa shape index (κ2) is 6.39. The Morgan fingerprint density at radius 3 is 2.62 bits per heavy atom. The van der Waals surface area contributed by atoms with Crippen LogP contribution in [0.3, 0.4) is 0 Å². The minimum absolute atomic E-state index is 0.214. The number of urea groups is 1. The van der Waals surface area contributed by atoms with Crippen LogP contribution in [0.5, 0.6) is 0 Å². The van der Waals surface area contributed by atoms with Crippen molar-refractivity contribution in [3.8, 4) is 0 Å². The summed E-state index contributed by atoms with van der Waals surface area (Å²) in [5.41, 5.74) is 1.09. The molecule has 0 saturated carbocycles. The number of nitrogens with one attached hydrogen (secondary N) is 2. The summed E-state index contributed by atoms with van der Waals surface area (Å²) >= 11 is 7.17. The lowest BCUT2D eigenvalue weighted by molar-refractivity contribution is 0.262. The largest absolute Gasteiger partial charge is 0.325 e. The third-order valence-electron chi connectivity index (χ3n) is 3.13. The Hall–Kier alpha value is -2.16. The average molecular weight is 382 g/mol. The zero-order chi connectivity index (χ0) is 17.3. The second-order valence-corrected chi connectivity index (χ2v) is 8.43. The molecule has 3 rings (SSSR count). The fourth-order valence-electron chi connectivity index (χ4n) is 2.00. The smallest absolute Gasteiger partial charge is 0.306 e. The minimum Gasteiger partial charge on any atom is -0.306 e. The van der Waals surface area contributed by atoms with Gasteiger partial charge in [0.05, 0.1) is 25.8 Å². The van der Waals surface area contributed by atoms with Gasteiger partial charge in [0, 0.05) is 6.26 Å². The lowest BCUT2D eigenvalue weighted by atomic mass is 10.3. The Labute approximate surface area is 147 Å². The quantitative estimate of drug-likeness (QED) is 0.717. The number of carbonyl (C=O) groups excluding carboxylic acids is 1. The first kappa shape index (κ1) is 16.7. The van der Waals surface area contributed by atoms with Crippen molar-refractivity contribution in [3.63, 3.8) is 0 Å². The number of rotatable bonds is 3. The molecule has 0 aliphatic rings. The molecule has 0 aliphatic carbocycles. The Balaban J connectivity index is 1.80. The van der Waals surface area contributed by atoms with Crippen LogP contribution in [0, 0.1) is 0 Å². The first-order chi connectivity index (χ1) is 11.3. The van der Waals surface area contributed by atoms with Crippen molar-refractivity contribution in [2.75, 3.05) is 16.9 Å². The number of hydrogen-bond acceptors (Lipinski definition) is 5. The van der Waals surface area contributed by atoms with Crippen LogP contribution < -0.4 is 10.6 Å². The number of aromatic nitrogens is 1. The normalized spacial score (nSPS) is 11.4. The highest BCUT2D eigenvalue weighted by molar-refractivity contribution is 7.90. The molecular weight excluding hydrogens is 370 g/mol. The molecule has 0 fully saturated rings. The number of fused-ring (bicyclic) bond motifs is 1. The van der Waals surface area contributed by atoms with Gasteiger partial charge >= 0.3 is 6.03 Å². The maximum atomic E-state index is 12.0. The van der Waals surface area contributed by atoms with Gasteiger partial charge in [-0.05, 0) is 30.3 Å². The van der Waals surface area contributed by atoms with Gasteiger partial charge in [-0.2, -0.15) is 0 Å². The third-order valence-corrected chi connectivity index (χ3v) is 5.50. The Morgan fingerprint density at radius 1 is 1.17 bits per heavy atom. The number of amides is 2. The summed E-state index contributed by atoms with van der Waals surface area (Å²) in [6.45, 7) is 0. The number of para-hydroxylation sites is 1. The molecule has 9 heteroatoms. The van der Waals surface area contributed by atoms with Crippen molar-refractivity contribution < 1.29 is 13.2 Å². The molecule has 124 valence electrons. The van der Waals surface area contributed by atoms with E-state index in [-0.39, 0.29) is 4.90 Å². The zero-order valence-electron chi connectivity index (χ0n) is 12.4. The third kappa shape index (κ3) is 3.66. The standard InChI is InChI=1S/C15H12ClN3O3S2/c1-24(21,22)9-6-7-12-13(8-9)23-15(18-12)19-14(20)17-11-5-3-2-4-10(11)16/h2-8H,1H3,(H2,17,18,19,20). The average Bonchev–Trinajstić information content (AvgIpc) is 2.89. The maximum absolute atomic E-state index is 12.0. The van der Waals surface area contributed by atoms with Gasteiger partial charge in [-0.1, -0.05) is 35.1 Å². The number of anilines is 2. The molecule has 1 aromatic heterocycles. The van der Waals surface area contributed by atoms with Crippen molar-refractivity contribution in [2.24, 2.45) is 0 Å². The van der Waals surface area contributed by atoms with Gasteiger partial charge in [-0.25, -0.2) is 18.2 Å². The molecule has 2 amide bonds. The van der Waals surface area contributed by atoms with E-state index in [1.807, 2.05) is 0 Å². The summed E-state index contributed by atoms with van der Waals surface area (Å²) in [6.07, 6.45) is 1.14. The van der Waals surface area contributed by atoms with E-state index < -0.39 is 15.9 Å². The fourth-order valence-corrected chi connectivity index (χ4v) is 3.81. The van der Waals surface area contributed by atoms with Crippen molar-refractivity contribution in [2.45, 2.75) is 4.90 Å². The van der Waals surface area contributed by atoms with Gasteiger partial charge in [0.1, 0.15) is 0 Å². The van der Waals surface area contributed by atoms with Crippen LogP contribution in [0.2, 0.25) is 5.02 Å². The highest BCUT2D eigenvalue weighted by Gasteiger charge is 2.12. The molecule has 3 aromatic rings. The second-order valence-electron chi connectivity index (χ2n) is 4.98. The SMILES string of the molecule is CS(=O)(=O)c1ccc2nc(NC(=O)Nc3ccccc3Cl)sc2c1. The van der Waals surface area contributed by atoms with Crippen LogP contribution in [0.1, 0.15) is 0 Å². The van der Waals surface area contributed by atoms with Crippen molar-refractivity contribution in [1.29, 1.82) is 0 Å². The van der Waals surface area contributed by atoms with Gasteiger partial charge < -0.3 is 5.32 Å². The van der Waals surface area contributed by atoms with Gasteiger partial charge in [-0.3, -0.25) is 5.32 Å². The molecular formula is C15H12ClN3O3S2. The van der Waals surface area contributed by atoms with E-state index in [0.29, 0.717) is 26.1 Å². The van der Waals surface area contributed by atoms with E-state index in [1.165, 1.54) is 17.4 Å². The predicted octanol–water partition coefficient (Wildman–Crippen LogP) is 4.00. The monoisotopic (exact) mass is 381 g/mol.